The van der Waals surface area contributed by atoms with Gasteiger partial charge in [0.25, 0.3) is 0 Å². The molecular weight excluding hydrogens is 434 g/mol. The molecule has 1 aromatic heterocycles. The van der Waals surface area contributed by atoms with Gasteiger partial charge in [-0.2, -0.15) is 0 Å². The number of sulfone groups is 1. The Morgan fingerprint density at radius 2 is 1.83 bits per heavy atom. The van der Waals surface area contributed by atoms with E-state index < -0.39 is 27.5 Å². The van der Waals surface area contributed by atoms with Crippen LogP contribution in [-0.2, 0) is 32.2 Å². The van der Waals surface area contributed by atoms with Crippen LogP contribution in [0.3, 0.4) is 0 Å². The minimum Gasteiger partial charge on any atom is -0.462 e. The van der Waals surface area contributed by atoms with Crippen LogP contribution >= 0.6 is 22.9 Å². The third kappa shape index (κ3) is 5.18. The number of anilines is 1. The Balaban J connectivity index is 1.84. The second-order valence-electron chi connectivity index (χ2n) is 6.75. The number of carbonyl (C=O) groups excluding carboxylic acids is 2. The summed E-state index contributed by atoms with van der Waals surface area (Å²) in [6.07, 6.45) is 4.66. The second-order valence-corrected chi connectivity index (χ2v) is 10.3. The van der Waals surface area contributed by atoms with E-state index in [1.807, 2.05) is 0 Å². The Bertz CT molecular complexity index is 1010. The molecule has 156 valence electrons. The summed E-state index contributed by atoms with van der Waals surface area (Å²) in [5.74, 6) is -1.90. The highest BCUT2D eigenvalue weighted by molar-refractivity contribution is 7.92. The van der Waals surface area contributed by atoms with Crippen LogP contribution in [0.5, 0.6) is 0 Å². The molecule has 2 aromatic rings. The number of benzene rings is 1. The van der Waals surface area contributed by atoms with Crippen LogP contribution in [0.4, 0.5) is 5.00 Å². The van der Waals surface area contributed by atoms with Gasteiger partial charge in [-0.15, -0.1) is 11.3 Å². The average Bonchev–Trinajstić information content (AvgIpc) is 2.82. The van der Waals surface area contributed by atoms with Crippen LogP contribution in [0.15, 0.2) is 29.2 Å². The van der Waals surface area contributed by atoms with Gasteiger partial charge in [0.05, 0.1) is 17.1 Å². The number of nitrogens with one attached hydrogen (secondary N) is 1. The van der Waals surface area contributed by atoms with Gasteiger partial charge in [-0.05, 0) is 62.4 Å². The van der Waals surface area contributed by atoms with Crippen LogP contribution in [0.1, 0.15) is 47.0 Å². The largest absolute Gasteiger partial charge is 0.462 e. The zero-order valence-electron chi connectivity index (χ0n) is 16.0. The second kappa shape index (κ2) is 9.28. The maximum atomic E-state index is 12.5. The zero-order chi connectivity index (χ0) is 21.0. The highest BCUT2D eigenvalue weighted by Crippen LogP contribution is 2.38. The molecule has 1 heterocycles. The Hall–Kier alpha value is -1.90. The van der Waals surface area contributed by atoms with Crippen molar-refractivity contribution in [3.63, 3.8) is 0 Å². The SMILES string of the molecule is CCOC(=O)c1c(NC(=O)CS(=O)(=O)c2ccc(Cl)cc2)sc2c1CCCCC2. The van der Waals surface area contributed by atoms with Gasteiger partial charge < -0.3 is 10.1 Å². The van der Waals surface area contributed by atoms with E-state index >= 15 is 0 Å². The molecule has 1 aliphatic rings. The molecule has 0 saturated carbocycles. The quantitative estimate of drug-likeness (QED) is 0.519. The van der Waals surface area contributed by atoms with Crippen LogP contribution in [-0.4, -0.2) is 32.7 Å². The van der Waals surface area contributed by atoms with E-state index in [9.17, 15) is 18.0 Å². The van der Waals surface area contributed by atoms with E-state index in [2.05, 4.69) is 5.32 Å². The third-order valence-corrected chi connectivity index (χ3v) is 7.74. The highest BCUT2D eigenvalue weighted by Gasteiger charge is 2.28. The van der Waals surface area contributed by atoms with Crippen LogP contribution in [0.2, 0.25) is 5.02 Å². The number of hydrogen-bond acceptors (Lipinski definition) is 6. The molecule has 0 atom stereocenters. The first-order chi connectivity index (χ1) is 13.8. The van der Waals surface area contributed by atoms with Crippen molar-refractivity contribution >= 4 is 49.7 Å². The average molecular weight is 456 g/mol. The number of esters is 1. The van der Waals surface area contributed by atoms with E-state index in [4.69, 9.17) is 16.3 Å². The predicted molar refractivity (Wildman–Crippen MR) is 114 cm³/mol. The fourth-order valence-corrected chi connectivity index (χ4v) is 5.86. The number of thiophene rings is 1. The monoisotopic (exact) mass is 455 g/mol. The van der Waals surface area contributed by atoms with Crippen molar-refractivity contribution in [1.82, 2.24) is 0 Å². The molecule has 6 nitrogen and oxygen atoms in total. The Morgan fingerprint density at radius 3 is 2.52 bits per heavy atom. The molecule has 0 bridgehead atoms. The van der Waals surface area contributed by atoms with Crippen LogP contribution in [0.25, 0.3) is 0 Å². The number of hydrogen-bond donors (Lipinski definition) is 1. The van der Waals surface area contributed by atoms with Gasteiger partial charge >= 0.3 is 5.97 Å². The predicted octanol–water partition coefficient (Wildman–Crippen LogP) is 4.26. The van der Waals surface area contributed by atoms with Gasteiger partial charge in [0.15, 0.2) is 9.84 Å². The lowest BCUT2D eigenvalue weighted by molar-refractivity contribution is -0.113. The molecule has 0 fully saturated rings. The molecule has 1 amide bonds. The van der Waals surface area contributed by atoms with Gasteiger partial charge in [-0.25, -0.2) is 13.2 Å². The maximum absolute atomic E-state index is 12.5. The van der Waals surface area contributed by atoms with E-state index in [1.54, 1.807) is 6.92 Å². The number of fused-ring (bicyclic) bond motifs is 1. The number of carbonyl (C=O) groups is 2. The normalized spacial score (nSPS) is 14.0. The molecule has 3 rings (SSSR count). The fraction of sp³-hybridized carbons (Fsp3) is 0.400. The van der Waals surface area contributed by atoms with E-state index in [0.29, 0.717) is 15.6 Å². The smallest absolute Gasteiger partial charge is 0.341 e. The summed E-state index contributed by atoms with van der Waals surface area (Å²) in [7, 11) is -3.83. The zero-order valence-corrected chi connectivity index (χ0v) is 18.4. The van der Waals surface area contributed by atoms with Gasteiger partial charge in [0.1, 0.15) is 10.8 Å². The first kappa shape index (κ1) is 21.8. The lowest BCUT2D eigenvalue weighted by Crippen LogP contribution is -2.23. The fourth-order valence-electron chi connectivity index (χ4n) is 3.31. The maximum Gasteiger partial charge on any atom is 0.341 e. The Kier molecular flexibility index (Phi) is 6.97. The number of ether oxygens (including phenoxy) is 1. The van der Waals surface area contributed by atoms with E-state index in [0.717, 1.165) is 42.5 Å². The number of amides is 1. The number of rotatable bonds is 6. The van der Waals surface area contributed by atoms with Crippen LogP contribution in [0, 0.1) is 0 Å². The Morgan fingerprint density at radius 1 is 1.14 bits per heavy atom. The molecular formula is C20H22ClNO5S2. The molecule has 0 radical (unpaired) electrons. The van der Waals surface area contributed by atoms with Gasteiger partial charge in [-0.3, -0.25) is 4.79 Å². The summed E-state index contributed by atoms with van der Waals surface area (Å²) >= 11 is 7.13. The summed E-state index contributed by atoms with van der Waals surface area (Å²) in [5.41, 5.74) is 1.28. The van der Waals surface area contributed by atoms with Crippen molar-refractivity contribution in [3.8, 4) is 0 Å². The minimum atomic E-state index is -3.83. The van der Waals surface area contributed by atoms with E-state index in [-0.39, 0.29) is 11.5 Å². The molecule has 1 N–H and O–H groups in total. The first-order valence-electron chi connectivity index (χ1n) is 9.41. The van der Waals surface area contributed by atoms with E-state index in [1.165, 1.54) is 35.6 Å². The van der Waals surface area contributed by atoms with Gasteiger partial charge in [-0.1, -0.05) is 18.0 Å². The summed E-state index contributed by atoms with van der Waals surface area (Å²) in [5, 5.41) is 3.42. The first-order valence-corrected chi connectivity index (χ1v) is 12.3. The minimum absolute atomic E-state index is 0.0182. The lowest BCUT2D eigenvalue weighted by atomic mass is 10.1. The number of aryl methyl sites for hydroxylation is 1. The summed E-state index contributed by atoms with van der Waals surface area (Å²) < 4.78 is 30.2. The molecule has 0 unspecified atom stereocenters. The molecule has 0 aliphatic heterocycles. The molecule has 0 spiro atoms. The molecule has 9 heteroatoms. The third-order valence-electron chi connectivity index (χ3n) is 4.65. The molecule has 1 aromatic carbocycles. The van der Waals surface area contributed by atoms with Crippen molar-refractivity contribution in [2.75, 3.05) is 17.7 Å². The topological polar surface area (TPSA) is 89.5 Å². The lowest BCUT2D eigenvalue weighted by Gasteiger charge is -2.09. The molecule has 1 aliphatic carbocycles. The highest BCUT2D eigenvalue weighted by atomic mass is 35.5. The Labute approximate surface area is 179 Å². The van der Waals surface area contributed by atoms with Crippen molar-refractivity contribution in [2.24, 2.45) is 0 Å². The molecule has 29 heavy (non-hydrogen) atoms. The summed E-state index contributed by atoms with van der Waals surface area (Å²) in [6, 6.07) is 5.65. The van der Waals surface area contributed by atoms with Crippen molar-refractivity contribution in [3.05, 3.63) is 45.3 Å². The van der Waals surface area contributed by atoms with Gasteiger partial charge in [0.2, 0.25) is 5.91 Å². The number of halogens is 1. The van der Waals surface area contributed by atoms with Crippen molar-refractivity contribution in [1.29, 1.82) is 0 Å². The van der Waals surface area contributed by atoms with Crippen molar-refractivity contribution < 1.29 is 22.7 Å². The van der Waals surface area contributed by atoms with Crippen molar-refractivity contribution in [2.45, 2.75) is 43.9 Å². The standard InChI is InChI=1S/C20H22ClNO5S2/c1-2-27-20(24)18-15-6-4-3-5-7-16(15)28-19(18)22-17(23)12-29(25,26)14-10-8-13(21)9-11-14/h8-11H,2-7,12H2,1H3,(H,22,23). The summed E-state index contributed by atoms with van der Waals surface area (Å²) in [6.45, 7) is 1.95. The molecule has 0 saturated heterocycles. The summed E-state index contributed by atoms with van der Waals surface area (Å²) in [4.78, 5) is 26.1. The van der Waals surface area contributed by atoms with Gasteiger partial charge in [0, 0.05) is 9.90 Å². The van der Waals surface area contributed by atoms with Crippen LogP contribution < -0.4 is 5.32 Å².